The van der Waals surface area contributed by atoms with Crippen LogP contribution >= 0.6 is 0 Å². The number of ether oxygens (including phenoxy) is 1. The molecule has 31 heavy (non-hydrogen) atoms. The smallest absolute Gasteiger partial charge is 0.328 e. The number of carbonyl (C=O) groups is 1. The van der Waals surface area contributed by atoms with E-state index in [1.54, 1.807) is 43.6 Å². The Morgan fingerprint density at radius 2 is 1.94 bits per heavy atom. The Morgan fingerprint density at radius 3 is 2.71 bits per heavy atom. The first-order valence-electron chi connectivity index (χ1n) is 10.6. The zero-order valence-corrected chi connectivity index (χ0v) is 17.5. The zero-order valence-electron chi connectivity index (χ0n) is 17.5. The molecule has 1 fully saturated rings. The van der Waals surface area contributed by atoms with Crippen molar-refractivity contribution in [3.63, 3.8) is 0 Å². The number of aromatic amines is 1. The molecule has 3 heterocycles. The highest BCUT2D eigenvalue weighted by molar-refractivity contribution is 5.77. The first-order chi connectivity index (χ1) is 15.1. The molecule has 8 nitrogen and oxygen atoms in total. The van der Waals surface area contributed by atoms with Gasteiger partial charge in [0.2, 0.25) is 0 Å². The number of hydrogen-bond donors (Lipinski definition) is 1. The summed E-state index contributed by atoms with van der Waals surface area (Å²) in [5.41, 5.74) is 0.898. The summed E-state index contributed by atoms with van der Waals surface area (Å²) in [4.78, 5) is 46.8. The second-order valence-corrected chi connectivity index (χ2v) is 7.77. The quantitative estimate of drug-likeness (QED) is 0.608. The van der Waals surface area contributed by atoms with Gasteiger partial charge in [-0.3, -0.25) is 19.1 Å². The molecule has 0 amide bonds. The lowest BCUT2D eigenvalue weighted by molar-refractivity contribution is -0.150. The first-order valence-corrected chi connectivity index (χ1v) is 10.6. The third kappa shape index (κ3) is 4.44. The van der Waals surface area contributed by atoms with Crippen LogP contribution in [0, 0.1) is 5.92 Å². The largest absolute Gasteiger partial charge is 0.466 e. The number of carbonyl (C=O) groups excluding carboxylic acids is 1. The average Bonchev–Trinajstić information content (AvgIpc) is 2.79. The number of rotatable bonds is 6. The molecule has 0 spiro atoms. The Bertz CT molecular complexity index is 1170. The lowest BCUT2D eigenvalue weighted by Gasteiger charge is -2.37. The number of H-pyrrole nitrogens is 1. The standard InChI is InChI=1S/C23H26N4O4/c1-2-31-22(29)19-15-26(12-9-17(19)16-7-10-24-11-8-16)13-14-27-21(28)18-5-3-4-6-20(18)25-23(27)30/h3-8,10-11,17,19H,2,9,12-15H2,1H3,(H,25,30)/t17-,19+/m0/s1. The van der Waals surface area contributed by atoms with Crippen LogP contribution in [0.3, 0.4) is 0 Å². The minimum Gasteiger partial charge on any atom is -0.466 e. The van der Waals surface area contributed by atoms with Crippen molar-refractivity contribution >= 4 is 16.9 Å². The van der Waals surface area contributed by atoms with Crippen LogP contribution < -0.4 is 11.2 Å². The maximum Gasteiger partial charge on any atom is 0.328 e. The molecule has 1 aliphatic heterocycles. The molecule has 162 valence electrons. The van der Waals surface area contributed by atoms with Gasteiger partial charge in [0, 0.05) is 32.0 Å². The fourth-order valence-electron chi connectivity index (χ4n) is 4.36. The number of esters is 1. The van der Waals surface area contributed by atoms with E-state index in [4.69, 9.17) is 4.74 Å². The number of piperidine rings is 1. The predicted octanol–water partition coefficient (Wildman–Crippen LogP) is 1.75. The third-order valence-electron chi connectivity index (χ3n) is 5.95. The van der Waals surface area contributed by atoms with Crippen LogP contribution in [0.1, 0.15) is 24.8 Å². The minimum absolute atomic E-state index is 0.0603. The molecule has 1 aromatic carbocycles. The highest BCUT2D eigenvalue weighted by atomic mass is 16.5. The monoisotopic (exact) mass is 422 g/mol. The highest BCUT2D eigenvalue weighted by Crippen LogP contribution is 2.33. The van der Waals surface area contributed by atoms with Crippen molar-refractivity contribution in [2.24, 2.45) is 5.92 Å². The Balaban J connectivity index is 1.51. The van der Waals surface area contributed by atoms with Crippen molar-refractivity contribution in [1.29, 1.82) is 0 Å². The topological polar surface area (TPSA) is 97.3 Å². The second kappa shape index (κ2) is 9.26. The van der Waals surface area contributed by atoms with E-state index in [1.165, 1.54) is 4.57 Å². The van der Waals surface area contributed by atoms with E-state index in [0.29, 0.717) is 30.6 Å². The number of aromatic nitrogens is 3. The Kier molecular flexibility index (Phi) is 6.27. The van der Waals surface area contributed by atoms with Crippen molar-refractivity contribution in [1.82, 2.24) is 19.4 Å². The van der Waals surface area contributed by atoms with Gasteiger partial charge in [0.05, 0.1) is 23.4 Å². The molecule has 0 bridgehead atoms. The second-order valence-electron chi connectivity index (χ2n) is 7.77. The summed E-state index contributed by atoms with van der Waals surface area (Å²) < 4.78 is 6.57. The summed E-state index contributed by atoms with van der Waals surface area (Å²) in [5.74, 6) is -0.456. The maximum atomic E-state index is 12.8. The summed E-state index contributed by atoms with van der Waals surface area (Å²) in [6.07, 6.45) is 4.27. The average molecular weight is 422 g/mol. The molecule has 0 radical (unpaired) electrons. The van der Waals surface area contributed by atoms with Gasteiger partial charge < -0.3 is 14.6 Å². The fraction of sp³-hybridized carbons (Fsp3) is 0.391. The van der Waals surface area contributed by atoms with Gasteiger partial charge in [0.25, 0.3) is 5.56 Å². The van der Waals surface area contributed by atoms with E-state index in [1.807, 2.05) is 12.1 Å². The van der Waals surface area contributed by atoms with E-state index in [9.17, 15) is 14.4 Å². The van der Waals surface area contributed by atoms with Gasteiger partial charge in [-0.05, 0) is 55.6 Å². The lowest BCUT2D eigenvalue weighted by atomic mass is 9.80. The van der Waals surface area contributed by atoms with Crippen LogP contribution in [0.5, 0.6) is 0 Å². The lowest BCUT2D eigenvalue weighted by Crippen LogP contribution is -2.46. The predicted molar refractivity (Wildman–Crippen MR) is 117 cm³/mol. The van der Waals surface area contributed by atoms with Gasteiger partial charge in [-0.25, -0.2) is 4.79 Å². The van der Waals surface area contributed by atoms with Crippen LogP contribution in [0.25, 0.3) is 10.9 Å². The van der Waals surface area contributed by atoms with Crippen LogP contribution in [-0.2, 0) is 16.1 Å². The van der Waals surface area contributed by atoms with E-state index >= 15 is 0 Å². The minimum atomic E-state index is -0.419. The van der Waals surface area contributed by atoms with Gasteiger partial charge in [-0.1, -0.05) is 12.1 Å². The SMILES string of the molecule is CCOC(=O)[C@@H]1CN(CCn2c(=O)[nH]c3ccccc3c2=O)CC[C@H]1c1ccncc1. The number of nitrogens with zero attached hydrogens (tertiary/aromatic N) is 3. The molecular weight excluding hydrogens is 396 g/mol. The van der Waals surface area contributed by atoms with Crippen molar-refractivity contribution < 1.29 is 9.53 Å². The summed E-state index contributed by atoms with van der Waals surface area (Å²) >= 11 is 0. The molecule has 1 aliphatic rings. The summed E-state index contributed by atoms with van der Waals surface area (Å²) in [7, 11) is 0. The maximum absolute atomic E-state index is 12.8. The summed E-state index contributed by atoms with van der Waals surface area (Å²) in [6, 6.07) is 10.9. The number of likely N-dealkylation sites (tertiary alicyclic amines) is 1. The van der Waals surface area contributed by atoms with Crippen molar-refractivity contribution in [2.45, 2.75) is 25.8 Å². The van der Waals surface area contributed by atoms with E-state index < -0.39 is 5.69 Å². The number of pyridine rings is 1. The van der Waals surface area contributed by atoms with E-state index in [2.05, 4.69) is 14.9 Å². The van der Waals surface area contributed by atoms with Crippen molar-refractivity contribution in [3.05, 3.63) is 75.2 Å². The normalized spacial score (nSPS) is 19.4. The van der Waals surface area contributed by atoms with Gasteiger partial charge in [0.15, 0.2) is 0 Å². The first kappa shape index (κ1) is 21.0. The van der Waals surface area contributed by atoms with Gasteiger partial charge in [-0.2, -0.15) is 0 Å². The van der Waals surface area contributed by atoms with E-state index in [-0.39, 0.29) is 29.9 Å². The van der Waals surface area contributed by atoms with Crippen LogP contribution in [-0.4, -0.2) is 51.6 Å². The molecule has 1 N–H and O–H groups in total. The number of benzene rings is 1. The van der Waals surface area contributed by atoms with E-state index in [0.717, 1.165) is 18.5 Å². The number of para-hydroxylation sites is 1. The number of hydrogen-bond acceptors (Lipinski definition) is 6. The third-order valence-corrected chi connectivity index (χ3v) is 5.95. The Morgan fingerprint density at radius 1 is 1.16 bits per heavy atom. The molecule has 2 atom stereocenters. The molecule has 0 aliphatic carbocycles. The summed E-state index contributed by atoms with van der Waals surface area (Å²) in [6.45, 7) is 4.18. The molecule has 1 saturated heterocycles. The van der Waals surface area contributed by atoms with Crippen molar-refractivity contribution in [3.8, 4) is 0 Å². The highest BCUT2D eigenvalue weighted by Gasteiger charge is 2.36. The van der Waals surface area contributed by atoms with Gasteiger partial charge in [0.1, 0.15) is 0 Å². The van der Waals surface area contributed by atoms with Gasteiger partial charge in [-0.15, -0.1) is 0 Å². The molecule has 0 unspecified atom stereocenters. The molecule has 3 aromatic rings. The fourth-order valence-corrected chi connectivity index (χ4v) is 4.36. The van der Waals surface area contributed by atoms with Crippen molar-refractivity contribution in [2.75, 3.05) is 26.2 Å². The Hall–Kier alpha value is -3.26. The molecule has 2 aromatic heterocycles. The molecular formula is C23H26N4O4. The Labute approximate surface area is 179 Å². The molecule has 0 saturated carbocycles. The van der Waals surface area contributed by atoms with Crippen LogP contribution in [0.2, 0.25) is 0 Å². The molecule has 8 heteroatoms. The summed E-state index contributed by atoms with van der Waals surface area (Å²) in [5, 5.41) is 0.489. The van der Waals surface area contributed by atoms with Crippen LogP contribution in [0.4, 0.5) is 0 Å². The molecule has 4 rings (SSSR count). The number of nitrogens with one attached hydrogen (secondary N) is 1. The number of fused-ring (bicyclic) bond motifs is 1. The zero-order chi connectivity index (χ0) is 21.8. The van der Waals surface area contributed by atoms with Crippen LogP contribution in [0.15, 0.2) is 58.4 Å². The van der Waals surface area contributed by atoms with Gasteiger partial charge >= 0.3 is 11.7 Å².